The molecule has 0 spiro atoms. The highest BCUT2D eigenvalue weighted by Crippen LogP contribution is 2.19. The van der Waals surface area contributed by atoms with Gasteiger partial charge in [-0.1, -0.05) is 0 Å². The monoisotopic (exact) mass is 332 g/mol. The molecule has 0 bridgehead atoms. The third-order valence-electron chi connectivity index (χ3n) is 3.22. The van der Waals surface area contributed by atoms with Gasteiger partial charge in [0.2, 0.25) is 4.96 Å². The third-order valence-corrected chi connectivity index (χ3v) is 4.16. The first-order valence-corrected chi connectivity index (χ1v) is 7.87. The van der Waals surface area contributed by atoms with Gasteiger partial charge in [-0.3, -0.25) is 10.1 Å². The van der Waals surface area contributed by atoms with Crippen LogP contribution < -0.4 is 14.8 Å². The number of nitrogens with one attached hydrogen (secondary N) is 1. The molecule has 2 heterocycles. The number of thiazole rings is 1. The Balaban J connectivity index is 1.64. The first kappa shape index (κ1) is 15.3. The Morgan fingerprint density at radius 1 is 1.30 bits per heavy atom. The Kier molecular flexibility index (Phi) is 4.16. The van der Waals surface area contributed by atoms with Crippen molar-refractivity contribution in [2.75, 3.05) is 12.4 Å². The molecule has 0 aliphatic heterocycles. The zero-order chi connectivity index (χ0) is 16.4. The standard InChI is InChI=1S/C15H16N4O3S/c1-9-8-23-15-17-14(18-19(9)15)16-13(20)10(2)22-12-6-4-11(21-3)5-7-12/h4-8,10H,1-3H3,(H,16,18,20). The van der Waals surface area contributed by atoms with Gasteiger partial charge in [0, 0.05) is 5.38 Å². The van der Waals surface area contributed by atoms with E-state index in [0.717, 1.165) is 16.4 Å². The summed E-state index contributed by atoms with van der Waals surface area (Å²) >= 11 is 1.47. The summed E-state index contributed by atoms with van der Waals surface area (Å²) in [6.07, 6.45) is -0.675. The average Bonchev–Trinajstić information content (AvgIpc) is 3.10. The minimum atomic E-state index is -0.675. The normalized spacial score (nSPS) is 12.1. The molecule has 1 amide bonds. The summed E-state index contributed by atoms with van der Waals surface area (Å²) in [4.78, 5) is 17.2. The number of ether oxygens (including phenoxy) is 2. The number of hydrogen-bond acceptors (Lipinski definition) is 6. The van der Waals surface area contributed by atoms with Gasteiger partial charge in [0.15, 0.2) is 6.10 Å². The highest BCUT2D eigenvalue weighted by atomic mass is 32.1. The smallest absolute Gasteiger partial charge is 0.267 e. The summed E-state index contributed by atoms with van der Waals surface area (Å²) in [6, 6.07) is 7.04. The number of carbonyl (C=O) groups excluding carboxylic acids is 1. The number of methoxy groups -OCH3 is 1. The fourth-order valence-electron chi connectivity index (χ4n) is 1.97. The molecule has 1 atom stereocenters. The Morgan fingerprint density at radius 3 is 2.65 bits per heavy atom. The van der Waals surface area contributed by atoms with Gasteiger partial charge >= 0.3 is 0 Å². The van der Waals surface area contributed by atoms with E-state index >= 15 is 0 Å². The lowest BCUT2D eigenvalue weighted by Gasteiger charge is -2.13. The SMILES string of the molecule is COc1ccc(OC(C)C(=O)Nc2nc3scc(C)n3n2)cc1. The van der Waals surface area contributed by atoms with Crippen LogP contribution in [0.2, 0.25) is 0 Å². The van der Waals surface area contributed by atoms with Crippen LogP contribution >= 0.6 is 11.3 Å². The van der Waals surface area contributed by atoms with Crippen LogP contribution in [0.25, 0.3) is 4.96 Å². The van der Waals surface area contributed by atoms with E-state index in [9.17, 15) is 4.79 Å². The molecular weight excluding hydrogens is 316 g/mol. The topological polar surface area (TPSA) is 77.8 Å². The van der Waals surface area contributed by atoms with Crippen molar-refractivity contribution in [2.45, 2.75) is 20.0 Å². The number of nitrogens with zero attached hydrogens (tertiary/aromatic N) is 3. The first-order valence-electron chi connectivity index (χ1n) is 6.99. The molecule has 0 aliphatic rings. The highest BCUT2D eigenvalue weighted by Gasteiger charge is 2.17. The van der Waals surface area contributed by atoms with Crippen molar-refractivity contribution >= 4 is 28.2 Å². The van der Waals surface area contributed by atoms with E-state index in [1.165, 1.54) is 11.3 Å². The molecule has 1 unspecified atom stereocenters. The number of rotatable bonds is 5. The maximum Gasteiger partial charge on any atom is 0.267 e. The summed E-state index contributed by atoms with van der Waals surface area (Å²) in [5.41, 5.74) is 0.973. The predicted octanol–water partition coefficient (Wildman–Crippen LogP) is 2.51. The lowest BCUT2D eigenvalue weighted by Crippen LogP contribution is -2.30. The average molecular weight is 332 g/mol. The van der Waals surface area contributed by atoms with E-state index in [1.807, 2.05) is 12.3 Å². The Morgan fingerprint density at radius 2 is 2.00 bits per heavy atom. The van der Waals surface area contributed by atoms with Crippen LogP contribution in [0.5, 0.6) is 11.5 Å². The molecule has 1 aromatic carbocycles. The van der Waals surface area contributed by atoms with E-state index in [0.29, 0.717) is 5.75 Å². The maximum atomic E-state index is 12.2. The van der Waals surface area contributed by atoms with E-state index in [-0.39, 0.29) is 11.9 Å². The molecule has 0 aliphatic carbocycles. The molecule has 3 aromatic rings. The molecule has 3 rings (SSSR count). The third kappa shape index (κ3) is 3.26. The van der Waals surface area contributed by atoms with Gasteiger partial charge in [-0.05, 0) is 38.1 Å². The summed E-state index contributed by atoms with van der Waals surface area (Å²) in [5, 5.41) is 8.85. The van der Waals surface area contributed by atoms with Gasteiger partial charge in [-0.25, -0.2) is 4.52 Å². The van der Waals surface area contributed by atoms with Gasteiger partial charge in [0.1, 0.15) is 11.5 Å². The largest absolute Gasteiger partial charge is 0.497 e. The number of benzene rings is 1. The summed E-state index contributed by atoms with van der Waals surface area (Å²) in [5.74, 6) is 1.28. The van der Waals surface area contributed by atoms with E-state index in [2.05, 4.69) is 15.4 Å². The second-order valence-electron chi connectivity index (χ2n) is 4.93. The van der Waals surface area contributed by atoms with E-state index in [1.54, 1.807) is 42.8 Å². The molecule has 1 N–H and O–H groups in total. The minimum absolute atomic E-state index is 0.273. The maximum absolute atomic E-state index is 12.2. The zero-order valence-corrected chi connectivity index (χ0v) is 13.8. The van der Waals surface area contributed by atoms with E-state index in [4.69, 9.17) is 9.47 Å². The van der Waals surface area contributed by atoms with Crippen LogP contribution in [0, 0.1) is 6.92 Å². The minimum Gasteiger partial charge on any atom is -0.497 e. The van der Waals surface area contributed by atoms with Gasteiger partial charge in [-0.2, -0.15) is 4.98 Å². The van der Waals surface area contributed by atoms with E-state index < -0.39 is 6.10 Å². The molecule has 0 fully saturated rings. The number of carbonyl (C=O) groups is 1. The van der Waals surface area contributed by atoms with Crippen LogP contribution in [0.3, 0.4) is 0 Å². The number of fused-ring (bicyclic) bond motifs is 1. The van der Waals surface area contributed by atoms with Gasteiger partial charge in [0.05, 0.1) is 12.8 Å². The first-order chi connectivity index (χ1) is 11.1. The molecule has 2 aromatic heterocycles. The second kappa shape index (κ2) is 6.25. The number of aryl methyl sites for hydroxylation is 1. The van der Waals surface area contributed by atoms with Gasteiger partial charge in [-0.15, -0.1) is 16.4 Å². The van der Waals surface area contributed by atoms with Crippen molar-refractivity contribution in [3.63, 3.8) is 0 Å². The van der Waals surface area contributed by atoms with Gasteiger partial charge < -0.3 is 9.47 Å². The summed E-state index contributed by atoms with van der Waals surface area (Å²) < 4.78 is 12.4. The van der Waals surface area contributed by atoms with Gasteiger partial charge in [0.25, 0.3) is 11.9 Å². The Labute approximate surface area is 136 Å². The highest BCUT2D eigenvalue weighted by molar-refractivity contribution is 7.15. The van der Waals surface area contributed by atoms with Crippen molar-refractivity contribution < 1.29 is 14.3 Å². The van der Waals surface area contributed by atoms with Crippen LogP contribution in [-0.2, 0) is 4.79 Å². The summed E-state index contributed by atoms with van der Waals surface area (Å²) in [6.45, 7) is 3.60. The number of hydrogen-bond donors (Lipinski definition) is 1. The number of anilines is 1. The summed E-state index contributed by atoms with van der Waals surface area (Å²) in [7, 11) is 1.59. The molecule has 0 saturated carbocycles. The molecule has 8 heteroatoms. The van der Waals surface area contributed by atoms with Crippen LogP contribution in [0.15, 0.2) is 29.6 Å². The van der Waals surface area contributed by atoms with Crippen molar-refractivity contribution in [1.29, 1.82) is 0 Å². The number of amides is 1. The lowest BCUT2D eigenvalue weighted by atomic mass is 10.3. The molecule has 7 nitrogen and oxygen atoms in total. The van der Waals surface area contributed by atoms with Crippen LogP contribution in [-0.4, -0.2) is 33.7 Å². The Hall–Kier alpha value is -2.61. The fraction of sp³-hybridized carbons (Fsp3) is 0.267. The van der Waals surface area contributed by atoms with Crippen LogP contribution in [0.1, 0.15) is 12.6 Å². The predicted molar refractivity (Wildman–Crippen MR) is 87.3 cm³/mol. The second-order valence-corrected chi connectivity index (χ2v) is 5.77. The lowest BCUT2D eigenvalue weighted by molar-refractivity contribution is -0.122. The van der Waals surface area contributed by atoms with Crippen LogP contribution in [0.4, 0.5) is 5.95 Å². The molecular formula is C15H16N4O3S. The molecule has 0 saturated heterocycles. The van der Waals surface area contributed by atoms with Crippen molar-refractivity contribution in [3.05, 3.63) is 35.3 Å². The van der Waals surface area contributed by atoms with Crippen molar-refractivity contribution in [1.82, 2.24) is 14.6 Å². The fourth-order valence-corrected chi connectivity index (χ4v) is 2.77. The number of aromatic nitrogens is 3. The van der Waals surface area contributed by atoms with Crippen molar-refractivity contribution in [3.8, 4) is 11.5 Å². The molecule has 23 heavy (non-hydrogen) atoms. The molecule has 120 valence electrons. The Bertz CT molecular complexity index is 825. The molecule has 0 radical (unpaired) electrons. The zero-order valence-electron chi connectivity index (χ0n) is 12.9. The quantitative estimate of drug-likeness (QED) is 0.777. The van der Waals surface area contributed by atoms with Crippen molar-refractivity contribution in [2.24, 2.45) is 0 Å².